The number of benzene rings is 1. The van der Waals surface area contributed by atoms with E-state index in [1.165, 1.54) is 11.3 Å². The van der Waals surface area contributed by atoms with Gasteiger partial charge in [0.05, 0.1) is 0 Å². The van der Waals surface area contributed by atoms with Gasteiger partial charge in [-0.3, -0.25) is 9.36 Å². The first-order chi connectivity index (χ1) is 13.2. The fourth-order valence-electron chi connectivity index (χ4n) is 2.85. The molecule has 0 aliphatic rings. The second-order valence-electron chi connectivity index (χ2n) is 5.79. The molecular formula is C20H14N4O2S. The van der Waals surface area contributed by atoms with Crippen LogP contribution in [0.5, 0.6) is 0 Å². The maximum atomic E-state index is 12.9. The molecular weight excluding hydrogens is 360 g/mol. The Labute approximate surface area is 159 Å². The van der Waals surface area contributed by atoms with Gasteiger partial charge in [0.15, 0.2) is 0 Å². The number of nitriles is 1. The van der Waals surface area contributed by atoms with Crippen molar-refractivity contribution in [3.05, 3.63) is 77.3 Å². The normalized spacial score (nSPS) is 10.5. The smallest absolute Gasteiger partial charge is 0.260 e. The number of thiazole rings is 1. The molecule has 6 nitrogen and oxygen atoms in total. The molecule has 0 aliphatic carbocycles. The predicted molar refractivity (Wildman–Crippen MR) is 103 cm³/mol. The Hall–Kier alpha value is -3.63. The Balaban J connectivity index is 1.67. The lowest BCUT2D eigenvalue weighted by Crippen LogP contribution is -2.14. The van der Waals surface area contributed by atoms with Crippen LogP contribution in [0.1, 0.15) is 21.7 Å². The minimum atomic E-state index is -0.387. The summed E-state index contributed by atoms with van der Waals surface area (Å²) in [5.74, 6) is 0.341. The maximum absolute atomic E-state index is 12.9. The lowest BCUT2D eigenvalue weighted by atomic mass is 10.1. The van der Waals surface area contributed by atoms with Crippen molar-refractivity contribution in [3.63, 3.8) is 0 Å². The number of nitrogens with zero attached hydrogens (tertiary/aromatic N) is 3. The molecule has 4 aromatic rings. The third kappa shape index (κ3) is 3.14. The van der Waals surface area contributed by atoms with Crippen LogP contribution < -0.4 is 5.32 Å². The van der Waals surface area contributed by atoms with Gasteiger partial charge in [0.2, 0.25) is 5.88 Å². The number of hydrogen-bond donors (Lipinski definition) is 1. The molecule has 1 aromatic carbocycles. The van der Waals surface area contributed by atoms with E-state index in [0.717, 1.165) is 10.6 Å². The third-order valence-electron chi connectivity index (χ3n) is 4.04. The van der Waals surface area contributed by atoms with E-state index >= 15 is 0 Å². The molecule has 27 heavy (non-hydrogen) atoms. The van der Waals surface area contributed by atoms with Gasteiger partial charge in [0, 0.05) is 35.2 Å². The summed E-state index contributed by atoms with van der Waals surface area (Å²) in [6.07, 6.45) is 5.26. The molecule has 0 saturated carbocycles. The average molecular weight is 374 g/mol. The van der Waals surface area contributed by atoms with Crippen molar-refractivity contribution in [3.8, 4) is 22.5 Å². The summed E-state index contributed by atoms with van der Waals surface area (Å²) in [7, 11) is 0. The van der Waals surface area contributed by atoms with Crippen LogP contribution in [0.4, 0.5) is 5.69 Å². The number of aromatic nitrogens is 2. The third-order valence-corrected chi connectivity index (χ3v) is 4.87. The van der Waals surface area contributed by atoms with Gasteiger partial charge in [-0.1, -0.05) is 12.1 Å². The molecule has 0 unspecified atom stereocenters. The van der Waals surface area contributed by atoms with Crippen LogP contribution in [-0.2, 0) is 0 Å². The molecule has 1 N–H and O–H groups in total. The minimum Gasteiger partial charge on any atom is -0.443 e. The van der Waals surface area contributed by atoms with Gasteiger partial charge < -0.3 is 9.73 Å². The van der Waals surface area contributed by atoms with Crippen molar-refractivity contribution >= 4 is 22.9 Å². The van der Waals surface area contributed by atoms with Crippen molar-refractivity contribution in [2.75, 3.05) is 5.32 Å². The van der Waals surface area contributed by atoms with Gasteiger partial charge in [-0.05, 0) is 31.2 Å². The SMILES string of the molecule is Cc1oc(-n2cccc2)c(C#N)c1C(=O)Nc1cccc(-c2nccs2)c1. The topological polar surface area (TPSA) is 83.8 Å². The first kappa shape index (κ1) is 16.8. The van der Waals surface area contributed by atoms with Gasteiger partial charge in [-0.2, -0.15) is 5.26 Å². The number of carbonyl (C=O) groups excluding carboxylic acids is 1. The summed E-state index contributed by atoms with van der Waals surface area (Å²) in [6, 6.07) is 13.2. The van der Waals surface area contributed by atoms with E-state index in [2.05, 4.69) is 16.4 Å². The summed E-state index contributed by atoms with van der Waals surface area (Å²) in [5.41, 5.74) is 1.98. The number of furan rings is 1. The van der Waals surface area contributed by atoms with Gasteiger partial charge in [-0.15, -0.1) is 11.3 Å². The predicted octanol–water partition coefficient (Wildman–Crippen LogP) is 4.63. The molecule has 3 heterocycles. The molecule has 0 spiro atoms. The number of amides is 1. The van der Waals surface area contributed by atoms with E-state index in [1.807, 2.05) is 35.7 Å². The summed E-state index contributed by atoms with van der Waals surface area (Å²) in [5, 5.41) is 15.2. The Morgan fingerprint density at radius 3 is 2.81 bits per heavy atom. The van der Waals surface area contributed by atoms with Crippen LogP contribution in [0.3, 0.4) is 0 Å². The highest BCUT2D eigenvalue weighted by Crippen LogP contribution is 2.28. The van der Waals surface area contributed by atoms with E-state index < -0.39 is 0 Å². The van der Waals surface area contributed by atoms with Gasteiger partial charge >= 0.3 is 0 Å². The maximum Gasteiger partial charge on any atom is 0.260 e. The lowest BCUT2D eigenvalue weighted by Gasteiger charge is -2.06. The summed E-state index contributed by atoms with van der Waals surface area (Å²) >= 11 is 1.53. The molecule has 0 bridgehead atoms. The molecule has 0 saturated heterocycles. The highest BCUT2D eigenvalue weighted by molar-refractivity contribution is 7.13. The van der Waals surface area contributed by atoms with E-state index in [9.17, 15) is 10.1 Å². The number of nitrogens with one attached hydrogen (secondary N) is 1. The lowest BCUT2D eigenvalue weighted by molar-refractivity contribution is 0.102. The molecule has 132 valence electrons. The highest BCUT2D eigenvalue weighted by Gasteiger charge is 2.24. The number of rotatable bonds is 4. The molecule has 0 aliphatic heterocycles. The van der Waals surface area contributed by atoms with Crippen LogP contribution in [0, 0.1) is 18.3 Å². The second kappa shape index (κ2) is 6.94. The van der Waals surface area contributed by atoms with Crippen molar-refractivity contribution in [1.82, 2.24) is 9.55 Å². The van der Waals surface area contributed by atoms with E-state index in [1.54, 1.807) is 36.1 Å². The zero-order valence-electron chi connectivity index (χ0n) is 14.3. The van der Waals surface area contributed by atoms with E-state index in [-0.39, 0.29) is 17.0 Å². The number of carbonyl (C=O) groups is 1. The molecule has 4 rings (SSSR count). The van der Waals surface area contributed by atoms with Crippen molar-refractivity contribution in [2.24, 2.45) is 0 Å². The zero-order chi connectivity index (χ0) is 18.8. The van der Waals surface area contributed by atoms with Gasteiger partial charge in [-0.25, -0.2) is 4.98 Å². The monoisotopic (exact) mass is 374 g/mol. The summed E-state index contributed by atoms with van der Waals surface area (Å²) in [4.78, 5) is 17.1. The van der Waals surface area contributed by atoms with E-state index in [0.29, 0.717) is 17.3 Å². The van der Waals surface area contributed by atoms with Crippen LogP contribution in [-0.4, -0.2) is 15.5 Å². The van der Waals surface area contributed by atoms with Gasteiger partial charge in [0.1, 0.15) is 28.0 Å². The largest absolute Gasteiger partial charge is 0.443 e. The fourth-order valence-corrected chi connectivity index (χ4v) is 3.48. The Kier molecular flexibility index (Phi) is 4.32. The Morgan fingerprint density at radius 2 is 2.11 bits per heavy atom. The minimum absolute atomic E-state index is 0.206. The molecule has 7 heteroatoms. The molecule has 0 fully saturated rings. The zero-order valence-corrected chi connectivity index (χ0v) is 15.2. The summed E-state index contributed by atoms with van der Waals surface area (Å²) < 4.78 is 7.37. The average Bonchev–Trinajstić information content (AvgIpc) is 3.42. The molecule has 0 atom stereocenters. The fraction of sp³-hybridized carbons (Fsp3) is 0.0500. The molecule has 0 radical (unpaired) electrons. The standard InChI is InChI=1S/C20H14N4O2S/c1-13-17(16(12-21)20(26-13)24-8-2-3-9-24)18(25)23-15-6-4-5-14(11-15)19-22-7-10-27-19/h2-11H,1H3,(H,23,25). The van der Waals surface area contributed by atoms with Crippen molar-refractivity contribution in [2.45, 2.75) is 6.92 Å². The number of hydrogen-bond acceptors (Lipinski definition) is 5. The number of anilines is 1. The Bertz CT molecular complexity index is 1140. The molecule has 1 amide bonds. The van der Waals surface area contributed by atoms with Gasteiger partial charge in [0.25, 0.3) is 5.91 Å². The summed E-state index contributed by atoms with van der Waals surface area (Å²) in [6.45, 7) is 1.68. The number of aryl methyl sites for hydroxylation is 1. The van der Waals surface area contributed by atoms with Crippen molar-refractivity contribution < 1.29 is 9.21 Å². The first-order valence-electron chi connectivity index (χ1n) is 8.15. The second-order valence-corrected chi connectivity index (χ2v) is 6.68. The van der Waals surface area contributed by atoms with Crippen LogP contribution in [0.15, 0.2) is 64.8 Å². The van der Waals surface area contributed by atoms with Crippen LogP contribution in [0.2, 0.25) is 0 Å². The van der Waals surface area contributed by atoms with Crippen LogP contribution >= 0.6 is 11.3 Å². The quantitative estimate of drug-likeness (QED) is 0.565. The molecule has 3 aromatic heterocycles. The highest BCUT2D eigenvalue weighted by atomic mass is 32.1. The van der Waals surface area contributed by atoms with Crippen molar-refractivity contribution in [1.29, 1.82) is 5.26 Å². The van der Waals surface area contributed by atoms with E-state index in [4.69, 9.17) is 4.42 Å². The first-order valence-corrected chi connectivity index (χ1v) is 9.03. The van der Waals surface area contributed by atoms with Crippen LogP contribution in [0.25, 0.3) is 16.5 Å². The Morgan fingerprint density at radius 1 is 1.30 bits per heavy atom.